The van der Waals surface area contributed by atoms with Crippen molar-refractivity contribution in [3.8, 4) is 0 Å². The lowest BCUT2D eigenvalue weighted by Gasteiger charge is -2.36. The fraction of sp³-hybridized carbons (Fsp3) is 0.429. The highest BCUT2D eigenvalue weighted by molar-refractivity contribution is 6.45. The van der Waals surface area contributed by atoms with Crippen LogP contribution in [0.1, 0.15) is 48.9 Å². The molecule has 5 heteroatoms. The average molecular weight is 446 g/mol. The smallest absolute Gasteiger partial charge is 0.282 e. The molecule has 0 bridgehead atoms. The summed E-state index contributed by atoms with van der Waals surface area (Å²) in [6.45, 7) is 12.7. The number of carbonyl (C=O) groups excluding carboxylic acids is 2. The molecule has 0 N–H and O–H groups in total. The molecule has 0 aliphatic carbocycles. The van der Waals surface area contributed by atoms with Gasteiger partial charge in [-0.3, -0.25) is 9.59 Å². The van der Waals surface area contributed by atoms with Crippen LogP contribution < -0.4 is 4.90 Å². The molecule has 0 radical (unpaired) electrons. The molecule has 2 aromatic rings. The van der Waals surface area contributed by atoms with Gasteiger partial charge in [0.05, 0.1) is 11.3 Å². The van der Waals surface area contributed by atoms with E-state index in [2.05, 4.69) is 30.6 Å². The number of aryl methyl sites for hydroxylation is 3. The molecule has 2 amide bonds. The quantitative estimate of drug-likeness (QED) is 0.586. The van der Waals surface area contributed by atoms with Crippen molar-refractivity contribution in [1.82, 2.24) is 9.80 Å². The number of rotatable bonds is 7. The van der Waals surface area contributed by atoms with Gasteiger partial charge < -0.3 is 9.80 Å². The second kappa shape index (κ2) is 9.92. The molecule has 33 heavy (non-hydrogen) atoms. The lowest BCUT2D eigenvalue weighted by molar-refractivity contribution is -0.120. The first-order valence-electron chi connectivity index (χ1n) is 12.2. The first-order valence-corrected chi connectivity index (χ1v) is 12.2. The fourth-order valence-corrected chi connectivity index (χ4v) is 4.68. The van der Waals surface area contributed by atoms with Crippen LogP contribution in [0.2, 0.25) is 0 Å². The molecule has 4 rings (SSSR count). The zero-order valence-corrected chi connectivity index (χ0v) is 20.4. The molecule has 0 spiro atoms. The van der Waals surface area contributed by atoms with Crippen molar-refractivity contribution in [2.45, 2.75) is 47.0 Å². The van der Waals surface area contributed by atoms with E-state index in [4.69, 9.17) is 0 Å². The van der Waals surface area contributed by atoms with Crippen molar-refractivity contribution >= 4 is 23.1 Å². The Hall–Kier alpha value is -2.92. The van der Waals surface area contributed by atoms with E-state index in [-0.39, 0.29) is 11.8 Å². The minimum Gasteiger partial charge on any atom is -0.364 e. The predicted molar refractivity (Wildman–Crippen MR) is 134 cm³/mol. The van der Waals surface area contributed by atoms with Crippen LogP contribution in [0.15, 0.2) is 48.2 Å². The number of benzene rings is 2. The highest BCUT2D eigenvalue weighted by Crippen LogP contribution is 2.36. The van der Waals surface area contributed by atoms with Crippen molar-refractivity contribution in [3.05, 3.63) is 70.4 Å². The summed E-state index contributed by atoms with van der Waals surface area (Å²) in [4.78, 5) is 33.4. The zero-order chi connectivity index (χ0) is 23.5. The number of hydrogen-bond acceptors (Lipinski definition) is 4. The van der Waals surface area contributed by atoms with Crippen molar-refractivity contribution < 1.29 is 9.59 Å². The number of imide groups is 1. The van der Waals surface area contributed by atoms with E-state index in [9.17, 15) is 9.59 Å². The largest absolute Gasteiger partial charge is 0.364 e. The molecule has 0 atom stereocenters. The van der Waals surface area contributed by atoms with Crippen LogP contribution in [0.4, 0.5) is 5.69 Å². The Morgan fingerprint density at radius 1 is 0.818 bits per heavy atom. The lowest BCUT2D eigenvalue weighted by atomic mass is 9.99. The van der Waals surface area contributed by atoms with Crippen molar-refractivity contribution in [2.75, 3.05) is 37.6 Å². The van der Waals surface area contributed by atoms with E-state index in [1.54, 1.807) is 0 Å². The van der Waals surface area contributed by atoms with Crippen molar-refractivity contribution in [1.29, 1.82) is 0 Å². The summed E-state index contributed by atoms with van der Waals surface area (Å²) in [5, 5.41) is 0. The second-order valence-electron chi connectivity index (χ2n) is 9.16. The standard InChI is InChI=1S/C28H35N3O2/c1-5-7-8-22-10-13-24(14-11-22)31-27(32)25(23-12-9-20(3)21(4)19-23)26(28(31)33)30-17-15-29(6-2)16-18-30/h9-14,19H,5-8,15-18H2,1-4H3. The summed E-state index contributed by atoms with van der Waals surface area (Å²) in [7, 11) is 0. The summed E-state index contributed by atoms with van der Waals surface area (Å²) >= 11 is 0. The topological polar surface area (TPSA) is 43.9 Å². The van der Waals surface area contributed by atoms with Crippen LogP contribution >= 0.6 is 0 Å². The highest BCUT2D eigenvalue weighted by Gasteiger charge is 2.43. The van der Waals surface area contributed by atoms with E-state index in [0.29, 0.717) is 17.0 Å². The monoisotopic (exact) mass is 445 g/mol. The molecule has 0 saturated carbocycles. The van der Waals surface area contributed by atoms with Gasteiger partial charge in [0, 0.05) is 26.2 Å². The summed E-state index contributed by atoms with van der Waals surface area (Å²) in [5.74, 6) is -0.433. The minimum absolute atomic E-state index is 0.209. The van der Waals surface area contributed by atoms with E-state index in [1.807, 2.05) is 49.4 Å². The molecule has 2 heterocycles. The molecule has 174 valence electrons. The van der Waals surface area contributed by atoms with Crippen LogP contribution in [0.5, 0.6) is 0 Å². The van der Waals surface area contributed by atoms with Gasteiger partial charge in [0.2, 0.25) is 0 Å². The summed E-state index contributed by atoms with van der Waals surface area (Å²) < 4.78 is 0. The Kier molecular flexibility index (Phi) is 6.99. The first-order chi connectivity index (χ1) is 15.9. The van der Waals surface area contributed by atoms with E-state index in [1.165, 1.54) is 16.0 Å². The average Bonchev–Trinajstić information content (AvgIpc) is 3.09. The molecular weight excluding hydrogens is 410 g/mol. The third-order valence-corrected chi connectivity index (χ3v) is 7.00. The maximum Gasteiger partial charge on any atom is 0.282 e. The SMILES string of the molecule is CCCCc1ccc(N2C(=O)C(c3ccc(C)c(C)c3)=C(N3CCN(CC)CC3)C2=O)cc1. The lowest BCUT2D eigenvalue weighted by Crippen LogP contribution is -2.47. The van der Waals surface area contributed by atoms with Gasteiger partial charge in [-0.25, -0.2) is 4.90 Å². The normalized spacial score (nSPS) is 17.5. The number of hydrogen-bond donors (Lipinski definition) is 0. The molecule has 1 saturated heterocycles. The number of piperazine rings is 1. The fourth-order valence-electron chi connectivity index (χ4n) is 4.68. The molecule has 5 nitrogen and oxygen atoms in total. The van der Waals surface area contributed by atoms with Gasteiger partial charge in [-0.2, -0.15) is 0 Å². The van der Waals surface area contributed by atoms with Gasteiger partial charge in [-0.05, 0) is 67.6 Å². The number of likely N-dealkylation sites (N-methyl/N-ethyl adjacent to an activating group) is 1. The highest BCUT2D eigenvalue weighted by atomic mass is 16.2. The Morgan fingerprint density at radius 2 is 1.52 bits per heavy atom. The van der Waals surface area contributed by atoms with Gasteiger partial charge in [0.25, 0.3) is 11.8 Å². The van der Waals surface area contributed by atoms with Crippen LogP contribution in [0.3, 0.4) is 0 Å². The van der Waals surface area contributed by atoms with Crippen LogP contribution in [-0.4, -0.2) is 54.3 Å². The van der Waals surface area contributed by atoms with Crippen LogP contribution in [-0.2, 0) is 16.0 Å². The Morgan fingerprint density at radius 3 is 2.12 bits per heavy atom. The van der Waals surface area contributed by atoms with E-state index in [0.717, 1.165) is 63.1 Å². The van der Waals surface area contributed by atoms with E-state index < -0.39 is 0 Å². The van der Waals surface area contributed by atoms with Crippen molar-refractivity contribution in [2.24, 2.45) is 0 Å². The minimum atomic E-state index is -0.225. The maximum absolute atomic E-state index is 13.8. The molecule has 1 fully saturated rings. The van der Waals surface area contributed by atoms with Crippen molar-refractivity contribution in [3.63, 3.8) is 0 Å². The predicted octanol–water partition coefficient (Wildman–Crippen LogP) is 4.57. The summed E-state index contributed by atoms with van der Waals surface area (Å²) in [6.07, 6.45) is 3.29. The second-order valence-corrected chi connectivity index (χ2v) is 9.16. The van der Waals surface area contributed by atoms with Gasteiger partial charge >= 0.3 is 0 Å². The number of amides is 2. The maximum atomic E-state index is 13.8. The Labute approximate surface area is 197 Å². The first kappa shape index (κ1) is 23.2. The molecular formula is C28H35N3O2. The third-order valence-electron chi connectivity index (χ3n) is 7.00. The van der Waals surface area contributed by atoms with Crippen LogP contribution in [0.25, 0.3) is 5.57 Å². The molecule has 0 aromatic heterocycles. The van der Waals surface area contributed by atoms with Crippen LogP contribution in [0, 0.1) is 13.8 Å². The molecule has 2 aliphatic rings. The Balaban J connectivity index is 1.72. The molecule has 2 aliphatic heterocycles. The number of carbonyl (C=O) groups is 2. The van der Waals surface area contributed by atoms with Gasteiger partial charge in [-0.15, -0.1) is 0 Å². The number of nitrogens with zero attached hydrogens (tertiary/aromatic N) is 3. The van der Waals surface area contributed by atoms with Gasteiger partial charge in [-0.1, -0.05) is 50.6 Å². The number of anilines is 1. The molecule has 2 aromatic carbocycles. The third kappa shape index (κ3) is 4.60. The Bertz CT molecular complexity index is 1060. The molecule has 0 unspecified atom stereocenters. The van der Waals surface area contributed by atoms with Gasteiger partial charge in [0.1, 0.15) is 5.70 Å². The van der Waals surface area contributed by atoms with Gasteiger partial charge in [0.15, 0.2) is 0 Å². The zero-order valence-electron chi connectivity index (χ0n) is 20.4. The summed E-state index contributed by atoms with van der Waals surface area (Å²) in [5.41, 5.74) is 6.08. The number of unbranched alkanes of at least 4 members (excludes halogenated alkanes) is 1. The van der Waals surface area contributed by atoms with E-state index >= 15 is 0 Å². The summed E-state index contributed by atoms with van der Waals surface area (Å²) in [6, 6.07) is 14.0.